The Kier molecular flexibility index (Phi) is 5.67. The minimum absolute atomic E-state index is 0.0182. The predicted molar refractivity (Wildman–Crippen MR) is 122 cm³/mol. The molecule has 0 spiro atoms. The lowest BCUT2D eigenvalue weighted by Gasteiger charge is -2.17. The van der Waals surface area contributed by atoms with Crippen LogP contribution in [0.1, 0.15) is 15.9 Å². The number of nitrogens with zero attached hydrogens (tertiary/aromatic N) is 4. The van der Waals surface area contributed by atoms with Crippen molar-refractivity contribution in [2.75, 3.05) is 12.8 Å². The van der Waals surface area contributed by atoms with Crippen LogP contribution in [-0.2, 0) is 6.54 Å². The summed E-state index contributed by atoms with van der Waals surface area (Å²) < 4.78 is 1.78. The maximum absolute atomic E-state index is 13.0. The van der Waals surface area contributed by atoms with E-state index in [1.165, 1.54) is 23.1 Å². The van der Waals surface area contributed by atoms with Gasteiger partial charge in [-0.15, -0.1) is 0 Å². The highest BCUT2D eigenvalue weighted by atomic mass is 16.6. The molecule has 0 aliphatic heterocycles. The summed E-state index contributed by atoms with van der Waals surface area (Å²) in [5.41, 5.74) is 9.03. The van der Waals surface area contributed by atoms with Crippen LogP contribution in [0.15, 0.2) is 85.1 Å². The van der Waals surface area contributed by atoms with Gasteiger partial charge in [0, 0.05) is 42.5 Å². The summed E-state index contributed by atoms with van der Waals surface area (Å²) in [6.45, 7) is 0.272. The zero-order valence-electron chi connectivity index (χ0n) is 17.4. The number of nitrogens with two attached hydrogens (primary N) is 1. The van der Waals surface area contributed by atoms with Crippen LogP contribution < -0.4 is 5.73 Å². The van der Waals surface area contributed by atoms with Gasteiger partial charge in [-0.2, -0.15) is 5.10 Å². The summed E-state index contributed by atoms with van der Waals surface area (Å²) in [4.78, 5) is 25.1. The molecule has 0 atom stereocenters. The van der Waals surface area contributed by atoms with Crippen LogP contribution in [-0.4, -0.2) is 32.6 Å². The van der Waals surface area contributed by atoms with Gasteiger partial charge in [0.2, 0.25) is 0 Å². The van der Waals surface area contributed by atoms with Crippen LogP contribution in [0.25, 0.3) is 16.9 Å². The second kappa shape index (κ2) is 8.73. The molecular formula is C24H21N5O3. The molecule has 4 rings (SSSR count). The van der Waals surface area contributed by atoms with Crippen molar-refractivity contribution in [2.45, 2.75) is 6.54 Å². The summed E-state index contributed by atoms with van der Waals surface area (Å²) >= 11 is 0. The first-order chi connectivity index (χ1) is 15.4. The van der Waals surface area contributed by atoms with Crippen LogP contribution in [0.5, 0.6) is 0 Å². The van der Waals surface area contributed by atoms with Gasteiger partial charge in [-0.1, -0.05) is 48.5 Å². The molecule has 3 aromatic carbocycles. The maximum Gasteiger partial charge on any atom is 0.292 e. The van der Waals surface area contributed by atoms with Crippen molar-refractivity contribution in [3.63, 3.8) is 0 Å². The highest BCUT2D eigenvalue weighted by Crippen LogP contribution is 2.26. The van der Waals surface area contributed by atoms with E-state index in [9.17, 15) is 14.9 Å². The number of aromatic nitrogens is 2. The molecule has 160 valence electrons. The van der Waals surface area contributed by atoms with Crippen molar-refractivity contribution < 1.29 is 9.72 Å². The predicted octanol–water partition coefficient (Wildman–Crippen LogP) is 4.30. The molecule has 1 heterocycles. The molecule has 2 N–H and O–H groups in total. The zero-order valence-corrected chi connectivity index (χ0v) is 17.4. The van der Waals surface area contributed by atoms with E-state index in [2.05, 4.69) is 0 Å². The molecule has 0 saturated carbocycles. The average Bonchev–Trinajstić information content (AvgIpc) is 3.23. The Hall–Kier alpha value is -4.46. The van der Waals surface area contributed by atoms with Gasteiger partial charge in [0.05, 0.1) is 16.3 Å². The first-order valence-electron chi connectivity index (χ1n) is 9.93. The minimum Gasteiger partial charge on any atom is -0.393 e. The number of carbonyl (C=O) groups excluding carboxylic acids is 1. The van der Waals surface area contributed by atoms with Gasteiger partial charge in [0.15, 0.2) is 0 Å². The van der Waals surface area contributed by atoms with Gasteiger partial charge in [-0.3, -0.25) is 14.9 Å². The Morgan fingerprint density at radius 3 is 2.38 bits per heavy atom. The second-order valence-electron chi connectivity index (χ2n) is 7.34. The first-order valence-corrected chi connectivity index (χ1v) is 9.93. The number of amides is 1. The Labute approximate surface area is 184 Å². The van der Waals surface area contributed by atoms with E-state index in [4.69, 9.17) is 10.8 Å². The molecule has 4 aromatic rings. The SMILES string of the molecule is CN(Cc1cn(-c2ccccc2)nc1-c1ccccc1)C(=O)c1ccc(N)c([N+](=O)[O-])c1. The second-order valence-corrected chi connectivity index (χ2v) is 7.34. The monoisotopic (exact) mass is 427 g/mol. The molecule has 0 saturated heterocycles. The fraction of sp³-hybridized carbons (Fsp3) is 0.0833. The number of benzene rings is 3. The molecule has 0 aliphatic carbocycles. The molecule has 0 fully saturated rings. The zero-order chi connectivity index (χ0) is 22.7. The number of nitrogen functional groups attached to an aromatic ring is 1. The molecule has 8 nitrogen and oxygen atoms in total. The fourth-order valence-corrected chi connectivity index (χ4v) is 3.46. The lowest BCUT2D eigenvalue weighted by atomic mass is 10.1. The number of hydrogen-bond donors (Lipinski definition) is 1. The molecule has 0 unspecified atom stereocenters. The van der Waals surface area contributed by atoms with E-state index < -0.39 is 4.92 Å². The fourth-order valence-electron chi connectivity index (χ4n) is 3.46. The molecule has 1 aromatic heterocycles. The standard InChI is InChI=1S/C24H21N5O3/c1-27(24(30)18-12-13-21(25)22(14-18)29(31)32)15-19-16-28(20-10-6-3-7-11-20)26-23(19)17-8-4-2-5-9-17/h2-14,16H,15,25H2,1H3. The number of nitro groups is 1. The van der Waals surface area contributed by atoms with Crippen molar-refractivity contribution in [1.82, 2.24) is 14.7 Å². The van der Waals surface area contributed by atoms with E-state index in [0.29, 0.717) is 0 Å². The number of nitro benzene ring substituents is 1. The lowest BCUT2D eigenvalue weighted by Crippen LogP contribution is -2.26. The highest BCUT2D eigenvalue weighted by Gasteiger charge is 2.21. The summed E-state index contributed by atoms with van der Waals surface area (Å²) in [5, 5.41) is 15.9. The number of para-hydroxylation sites is 1. The van der Waals surface area contributed by atoms with Crippen LogP contribution in [0, 0.1) is 10.1 Å². The molecular weight excluding hydrogens is 406 g/mol. The normalized spacial score (nSPS) is 10.7. The topological polar surface area (TPSA) is 107 Å². The van der Waals surface area contributed by atoms with E-state index >= 15 is 0 Å². The Bertz CT molecular complexity index is 1270. The Morgan fingerprint density at radius 1 is 1.06 bits per heavy atom. The van der Waals surface area contributed by atoms with Gasteiger partial charge in [0.1, 0.15) is 5.69 Å². The summed E-state index contributed by atoms with van der Waals surface area (Å²) in [7, 11) is 1.65. The third-order valence-corrected chi connectivity index (χ3v) is 5.09. The van der Waals surface area contributed by atoms with Crippen molar-refractivity contribution in [3.8, 4) is 16.9 Å². The summed E-state index contributed by atoms with van der Waals surface area (Å²) in [6, 6.07) is 23.5. The van der Waals surface area contributed by atoms with Crippen molar-refractivity contribution in [2.24, 2.45) is 0 Å². The van der Waals surface area contributed by atoms with Gasteiger partial charge < -0.3 is 10.6 Å². The smallest absolute Gasteiger partial charge is 0.292 e. The van der Waals surface area contributed by atoms with Crippen LogP contribution >= 0.6 is 0 Å². The number of rotatable bonds is 6. The maximum atomic E-state index is 13.0. The van der Waals surface area contributed by atoms with Crippen molar-refractivity contribution in [1.29, 1.82) is 0 Å². The molecule has 1 amide bonds. The van der Waals surface area contributed by atoms with Gasteiger partial charge >= 0.3 is 0 Å². The highest BCUT2D eigenvalue weighted by molar-refractivity contribution is 5.95. The van der Waals surface area contributed by atoms with Gasteiger partial charge in [0.25, 0.3) is 11.6 Å². The number of carbonyl (C=O) groups is 1. The molecule has 8 heteroatoms. The van der Waals surface area contributed by atoms with Gasteiger partial charge in [-0.25, -0.2) is 4.68 Å². The third kappa shape index (κ3) is 4.20. The van der Waals surface area contributed by atoms with Crippen LogP contribution in [0.3, 0.4) is 0 Å². The molecule has 0 bridgehead atoms. The Morgan fingerprint density at radius 2 is 1.72 bits per heavy atom. The molecule has 0 radical (unpaired) electrons. The van der Waals surface area contributed by atoms with E-state index in [0.717, 1.165) is 22.5 Å². The Balaban J connectivity index is 1.67. The van der Waals surface area contributed by atoms with Gasteiger partial charge in [-0.05, 0) is 24.3 Å². The average molecular weight is 427 g/mol. The third-order valence-electron chi connectivity index (χ3n) is 5.09. The van der Waals surface area contributed by atoms with Crippen molar-refractivity contribution in [3.05, 3.63) is 106 Å². The lowest BCUT2D eigenvalue weighted by molar-refractivity contribution is -0.383. The quantitative estimate of drug-likeness (QED) is 0.280. The summed E-state index contributed by atoms with van der Waals surface area (Å²) in [6.07, 6.45) is 1.90. The largest absolute Gasteiger partial charge is 0.393 e. The number of hydrogen-bond acceptors (Lipinski definition) is 5. The summed E-state index contributed by atoms with van der Waals surface area (Å²) in [5.74, 6) is -0.348. The number of anilines is 1. The molecule has 0 aliphatic rings. The van der Waals surface area contributed by atoms with E-state index in [-0.39, 0.29) is 29.4 Å². The minimum atomic E-state index is -0.594. The van der Waals surface area contributed by atoms with E-state index in [1.807, 2.05) is 66.9 Å². The molecule has 32 heavy (non-hydrogen) atoms. The van der Waals surface area contributed by atoms with Crippen LogP contribution in [0.4, 0.5) is 11.4 Å². The first kappa shape index (κ1) is 20.8. The van der Waals surface area contributed by atoms with Crippen molar-refractivity contribution >= 4 is 17.3 Å². The van der Waals surface area contributed by atoms with E-state index in [1.54, 1.807) is 11.7 Å². The van der Waals surface area contributed by atoms with Crippen LogP contribution in [0.2, 0.25) is 0 Å².